The third-order valence-electron chi connectivity index (χ3n) is 3.44. The van der Waals surface area contributed by atoms with Gasteiger partial charge in [-0.3, -0.25) is 4.90 Å². The molecule has 0 aromatic rings. The van der Waals surface area contributed by atoms with Crippen LogP contribution >= 0.6 is 0 Å². The number of nitrogens with zero attached hydrogens (tertiary/aromatic N) is 2. The zero-order chi connectivity index (χ0) is 16.6. The molecule has 1 heterocycles. The van der Waals surface area contributed by atoms with Crippen LogP contribution in [0.4, 0.5) is 0 Å². The number of hydrogen-bond acceptors (Lipinski definition) is 4. The van der Waals surface area contributed by atoms with E-state index in [0.29, 0.717) is 5.76 Å². The Morgan fingerprint density at radius 3 is 1.91 bits per heavy atom. The molecule has 1 aliphatic heterocycles. The minimum absolute atomic E-state index is 0.318. The van der Waals surface area contributed by atoms with Crippen LogP contribution in [0.2, 0.25) is 0 Å². The highest BCUT2D eigenvalue weighted by atomic mass is 16.5. The molecule has 0 unspecified atom stereocenters. The standard InChI is InChI=1S/C10H17NO2.C6H12.C2H5N/c1-9(7-10(2)12)8-11-3-5-13-6-4-11;1-2-4-6-5-3-1;1-3-2/h7,12H,1,3-6,8H2,2H3;1-6H2;1H2,2H3/b10-7+;;. The van der Waals surface area contributed by atoms with Crippen LogP contribution < -0.4 is 0 Å². The van der Waals surface area contributed by atoms with Crippen molar-refractivity contribution < 1.29 is 9.84 Å². The van der Waals surface area contributed by atoms with Crippen LogP contribution in [0.3, 0.4) is 0 Å². The highest BCUT2D eigenvalue weighted by Gasteiger charge is 2.09. The van der Waals surface area contributed by atoms with E-state index in [1.54, 1.807) is 20.0 Å². The van der Waals surface area contributed by atoms with Gasteiger partial charge in [0.25, 0.3) is 0 Å². The monoisotopic (exact) mass is 310 g/mol. The van der Waals surface area contributed by atoms with Gasteiger partial charge in [0.15, 0.2) is 0 Å². The van der Waals surface area contributed by atoms with E-state index in [4.69, 9.17) is 9.84 Å². The maximum absolute atomic E-state index is 9.01. The maximum Gasteiger partial charge on any atom is 0.0894 e. The third kappa shape index (κ3) is 13.8. The van der Waals surface area contributed by atoms with Crippen LogP contribution in [0, 0.1) is 0 Å². The molecule has 4 heteroatoms. The molecule has 4 nitrogen and oxygen atoms in total. The fourth-order valence-electron chi connectivity index (χ4n) is 2.45. The molecule has 0 aromatic carbocycles. The van der Waals surface area contributed by atoms with Crippen LogP contribution in [0.1, 0.15) is 45.4 Å². The topological polar surface area (TPSA) is 45.1 Å². The SMILES string of the molecule is C1CCCCC1.C=C(/C=C(\C)O)CN1CCOCC1.C=NC. The predicted molar refractivity (Wildman–Crippen MR) is 96.0 cm³/mol. The number of allylic oxidation sites excluding steroid dienone is 1. The summed E-state index contributed by atoms with van der Waals surface area (Å²) >= 11 is 0. The first kappa shape index (κ1) is 20.9. The molecule has 1 saturated heterocycles. The van der Waals surface area contributed by atoms with E-state index in [2.05, 4.69) is 23.2 Å². The number of aliphatic hydroxyl groups excluding tert-OH is 1. The lowest BCUT2D eigenvalue weighted by molar-refractivity contribution is 0.0426. The molecule has 1 N–H and O–H groups in total. The summed E-state index contributed by atoms with van der Waals surface area (Å²) in [6, 6.07) is 0. The lowest BCUT2D eigenvalue weighted by atomic mass is 10.0. The summed E-state index contributed by atoms with van der Waals surface area (Å²) in [5.74, 6) is 0.318. The Morgan fingerprint density at radius 2 is 1.55 bits per heavy atom. The molecule has 2 fully saturated rings. The molecule has 0 atom stereocenters. The van der Waals surface area contributed by atoms with Gasteiger partial charge < -0.3 is 14.8 Å². The molecule has 2 rings (SSSR count). The number of morpholine rings is 1. The van der Waals surface area contributed by atoms with Gasteiger partial charge in [0, 0.05) is 26.7 Å². The van der Waals surface area contributed by atoms with E-state index in [9.17, 15) is 0 Å². The van der Waals surface area contributed by atoms with Crippen molar-refractivity contribution in [2.75, 3.05) is 39.9 Å². The maximum atomic E-state index is 9.01. The van der Waals surface area contributed by atoms with Gasteiger partial charge in [-0.15, -0.1) is 0 Å². The van der Waals surface area contributed by atoms with Crippen molar-refractivity contribution in [1.82, 2.24) is 4.90 Å². The van der Waals surface area contributed by atoms with Crippen LogP contribution in [0.5, 0.6) is 0 Å². The van der Waals surface area contributed by atoms with Crippen LogP contribution in [-0.4, -0.2) is 56.6 Å². The molecule has 1 saturated carbocycles. The Balaban J connectivity index is 0.000000404. The largest absolute Gasteiger partial charge is 0.513 e. The molecular weight excluding hydrogens is 276 g/mol. The Bertz CT molecular complexity index is 302. The normalized spacial score (nSPS) is 19.1. The van der Waals surface area contributed by atoms with Crippen molar-refractivity contribution in [3.05, 3.63) is 24.0 Å². The van der Waals surface area contributed by atoms with Gasteiger partial charge in [0.1, 0.15) is 0 Å². The Morgan fingerprint density at radius 1 is 1.14 bits per heavy atom. The van der Waals surface area contributed by atoms with Crippen LogP contribution in [0.25, 0.3) is 0 Å². The smallest absolute Gasteiger partial charge is 0.0894 e. The van der Waals surface area contributed by atoms with Crippen molar-refractivity contribution in [1.29, 1.82) is 0 Å². The average molecular weight is 310 g/mol. The van der Waals surface area contributed by atoms with Gasteiger partial charge in [0.05, 0.1) is 19.0 Å². The summed E-state index contributed by atoms with van der Waals surface area (Å²) < 4.78 is 5.23. The minimum atomic E-state index is 0.318. The molecular formula is C18H34N2O2. The molecule has 0 aromatic heterocycles. The summed E-state index contributed by atoms with van der Waals surface area (Å²) in [7, 11) is 1.64. The third-order valence-corrected chi connectivity index (χ3v) is 3.44. The van der Waals surface area contributed by atoms with E-state index in [1.165, 1.54) is 38.5 Å². The first-order valence-corrected chi connectivity index (χ1v) is 8.30. The summed E-state index contributed by atoms with van der Waals surface area (Å²) in [6.07, 6.45) is 10.7. The van der Waals surface area contributed by atoms with Gasteiger partial charge in [-0.05, 0) is 25.3 Å². The summed E-state index contributed by atoms with van der Waals surface area (Å²) in [5, 5.41) is 9.01. The highest BCUT2D eigenvalue weighted by Crippen LogP contribution is 2.15. The van der Waals surface area contributed by atoms with E-state index >= 15 is 0 Å². The Kier molecular flexibility index (Phi) is 14.0. The molecule has 2 aliphatic rings. The number of rotatable bonds is 3. The fourth-order valence-corrected chi connectivity index (χ4v) is 2.45. The molecule has 1 aliphatic carbocycles. The van der Waals surface area contributed by atoms with E-state index in [-0.39, 0.29) is 0 Å². The van der Waals surface area contributed by atoms with Crippen molar-refractivity contribution in [3.63, 3.8) is 0 Å². The number of hydrogen-bond donors (Lipinski definition) is 1. The molecule has 0 amide bonds. The summed E-state index contributed by atoms with van der Waals surface area (Å²) in [5.41, 5.74) is 0.946. The second-order valence-electron chi connectivity index (χ2n) is 5.77. The van der Waals surface area contributed by atoms with Gasteiger partial charge >= 0.3 is 0 Å². The van der Waals surface area contributed by atoms with E-state index in [1.807, 2.05) is 0 Å². The van der Waals surface area contributed by atoms with Gasteiger partial charge in [-0.1, -0.05) is 45.1 Å². The minimum Gasteiger partial charge on any atom is -0.513 e. The Hall–Kier alpha value is -1.13. The van der Waals surface area contributed by atoms with Crippen LogP contribution in [0.15, 0.2) is 29.0 Å². The van der Waals surface area contributed by atoms with E-state index < -0.39 is 0 Å². The molecule has 0 radical (unpaired) electrons. The zero-order valence-electron chi connectivity index (χ0n) is 14.5. The number of aliphatic hydroxyl groups is 1. The number of ether oxygens (including phenoxy) is 1. The van der Waals surface area contributed by atoms with Crippen molar-refractivity contribution in [2.24, 2.45) is 4.99 Å². The zero-order valence-corrected chi connectivity index (χ0v) is 14.5. The second kappa shape index (κ2) is 14.8. The quantitative estimate of drug-likeness (QED) is 0.487. The van der Waals surface area contributed by atoms with Crippen molar-refractivity contribution >= 4 is 6.72 Å². The average Bonchev–Trinajstić information content (AvgIpc) is 2.50. The molecule has 22 heavy (non-hydrogen) atoms. The lowest BCUT2D eigenvalue weighted by Crippen LogP contribution is -2.37. The summed E-state index contributed by atoms with van der Waals surface area (Å²) in [6.45, 7) is 13.0. The van der Waals surface area contributed by atoms with Crippen LogP contribution in [-0.2, 0) is 4.74 Å². The van der Waals surface area contributed by atoms with Crippen molar-refractivity contribution in [3.8, 4) is 0 Å². The Labute approximate surface area is 136 Å². The van der Waals surface area contributed by atoms with E-state index in [0.717, 1.165) is 38.4 Å². The lowest BCUT2D eigenvalue weighted by Gasteiger charge is -2.26. The van der Waals surface area contributed by atoms with Gasteiger partial charge in [0.2, 0.25) is 0 Å². The predicted octanol–water partition coefficient (Wildman–Crippen LogP) is 3.99. The number of aliphatic imine (C=N–C) groups is 1. The molecule has 128 valence electrons. The second-order valence-corrected chi connectivity index (χ2v) is 5.77. The molecule has 0 bridgehead atoms. The first-order chi connectivity index (χ1) is 10.6. The van der Waals surface area contributed by atoms with Crippen molar-refractivity contribution in [2.45, 2.75) is 45.4 Å². The summed E-state index contributed by atoms with van der Waals surface area (Å²) in [4.78, 5) is 5.52. The van der Waals surface area contributed by atoms with Gasteiger partial charge in [-0.25, -0.2) is 0 Å². The first-order valence-electron chi connectivity index (χ1n) is 8.30. The fraction of sp³-hybridized carbons (Fsp3) is 0.722. The van der Waals surface area contributed by atoms with Gasteiger partial charge in [-0.2, -0.15) is 0 Å². The highest BCUT2D eigenvalue weighted by molar-refractivity contribution is 5.22. The molecule has 0 spiro atoms.